The lowest BCUT2D eigenvalue weighted by Crippen LogP contribution is -2.06. The van der Waals surface area contributed by atoms with Gasteiger partial charge in [-0.15, -0.1) is 0 Å². The molecule has 0 bridgehead atoms. The first kappa shape index (κ1) is 16.5. The zero-order chi connectivity index (χ0) is 16.9. The summed E-state index contributed by atoms with van der Waals surface area (Å²) in [4.78, 5) is 7.49. The average Bonchev–Trinajstić information content (AvgIpc) is 3.11. The first-order chi connectivity index (χ1) is 11.7. The molecule has 0 aliphatic heterocycles. The van der Waals surface area contributed by atoms with E-state index in [9.17, 15) is 0 Å². The maximum atomic E-state index is 4.43. The second-order valence-corrected chi connectivity index (χ2v) is 6.54. The average molecular weight is 317 g/mol. The molecule has 0 aliphatic carbocycles. The number of aromatic nitrogens is 2. The molecule has 1 N–H and O–H groups in total. The highest BCUT2D eigenvalue weighted by atomic mass is 14.9. The zero-order valence-corrected chi connectivity index (χ0v) is 14.8. The van der Waals surface area contributed by atoms with Crippen molar-refractivity contribution in [2.24, 2.45) is 0 Å². The molecule has 2 nitrogen and oxygen atoms in total. The lowest BCUT2D eigenvalue weighted by Gasteiger charge is -2.19. The monoisotopic (exact) mass is 317 g/mol. The minimum Gasteiger partial charge on any atom is -0.351 e. The topological polar surface area (TPSA) is 28.7 Å². The third kappa shape index (κ3) is 3.59. The summed E-state index contributed by atoms with van der Waals surface area (Å²) >= 11 is 0. The van der Waals surface area contributed by atoms with Gasteiger partial charge in [0.25, 0.3) is 0 Å². The van der Waals surface area contributed by atoms with Gasteiger partial charge in [0.2, 0.25) is 0 Å². The van der Waals surface area contributed by atoms with Gasteiger partial charge in [0.15, 0.2) is 0 Å². The summed E-state index contributed by atoms with van der Waals surface area (Å²) in [5.74, 6) is 0.560. The van der Waals surface area contributed by atoms with E-state index in [0.717, 1.165) is 25.0 Å². The Morgan fingerprint density at radius 3 is 2.62 bits per heavy atom. The van der Waals surface area contributed by atoms with Crippen LogP contribution in [0.15, 0.2) is 48.9 Å². The van der Waals surface area contributed by atoms with E-state index in [1.54, 1.807) is 6.33 Å². The number of benzene rings is 2. The molecule has 1 atom stereocenters. The molecule has 0 fully saturated rings. The van der Waals surface area contributed by atoms with Crippen molar-refractivity contribution in [1.82, 2.24) is 9.97 Å². The molecule has 3 aromatic rings. The lowest BCUT2D eigenvalue weighted by atomic mass is 9.86. The summed E-state index contributed by atoms with van der Waals surface area (Å²) in [6.45, 7) is 6.80. The Balaban J connectivity index is 2.01. The van der Waals surface area contributed by atoms with Gasteiger partial charge in [0.1, 0.15) is 0 Å². The molecule has 1 heterocycles. The van der Waals surface area contributed by atoms with Crippen LogP contribution in [0.25, 0.3) is 0 Å². The fourth-order valence-corrected chi connectivity index (χ4v) is 3.26. The Hall–Kier alpha value is -2.35. The van der Waals surface area contributed by atoms with Crippen molar-refractivity contribution in [2.75, 3.05) is 0 Å². The number of H-pyrrole nitrogens is 1. The van der Waals surface area contributed by atoms with Crippen LogP contribution in [0.4, 0.5) is 0 Å². The van der Waals surface area contributed by atoms with Crippen molar-refractivity contribution >= 4 is 0 Å². The molecule has 24 heavy (non-hydrogen) atoms. The summed E-state index contributed by atoms with van der Waals surface area (Å²) in [7, 11) is 0. The van der Waals surface area contributed by atoms with Gasteiger partial charge in [-0.25, -0.2) is 4.98 Å². The number of nitrogens with one attached hydrogen (secondary N) is 1. The largest absolute Gasteiger partial charge is 0.351 e. The minimum atomic E-state index is 0.560. The predicted octanol–water partition coefficient (Wildman–Crippen LogP) is 5.21. The van der Waals surface area contributed by atoms with Crippen molar-refractivity contribution in [2.45, 2.75) is 46.0 Å². The number of hydrogen-bond acceptors (Lipinski definition) is 1. The van der Waals surface area contributed by atoms with Gasteiger partial charge in [-0.3, -0.25) is 0 Å². The summed E-state index contributed by atoms with van der Waals surface area (Å²) in [6, 6.07) is 16.4. The number of aromatic amines is 1. The van der Waals surface area contributed by atoms with Crippen LogP contribution in [0.5, 0.6) is 0 Å². The van der Waals surface area contributed by atoms with E-state index in [1.165, 1.54) is 27.8 Å². The van der Waals surface area contributed by atoms with Crippen molar-refractivity contribution in [3.05, 3.63) is 88.5 Å². The van der Waals surface area contributed by atoms with Crippen molar-refractivity contribution in [3.63, 3.8) is 0 Å². The molecule has 0 saturated heterocycles. The second kappa shape index (κ2) is 7.48. The second-order valence-electron chi connectivity index (χ2n) is 6.54. The minimum absolute atomic E-state index is 0.560. The molecule has 1 unspecified atom stereocenters. The van der Waals surface area contributed by atoms with E-state index >= 15 is 0 Å². The van der Waals surface area contributed by atoms with Gasteiger partial charge >= 0.3 is 0 Å². The quantitative estimate of drug-likeness (QED) is 0.664. The fourth-order valence-electron chi connectivity index (χ4n) is 3.26. The van der Waals surface area contributed by atoms with Crippen molar-refractivity contribution in [3.8, 4) is 0 Å². The summed E-state index contributed by atoms with van der Waals surface area (Å²) in [5.41, 5.74) is 7.89. The first-order valence-corrected chi connectivity index (χ1v) is 8.73. The van der Waals surface area contributed by atoms with Gasteiger partial charge in [0.05, 0.1) is 12.0 Å². The molecule has 1 radical (unpaired) electrons. The highest BCUT2D eigenvalue weighted by Gasteiger charge is 2.15. The zero-order valence-electron chi connectivity index (χ0n) is 14.8. The Bertz CT molecular complexity index is 773. The van der Waals surface area contributed by atoms with Crippen LogP contribution in [0.2, 0.25) is 0 Å². The van der Waals surface area contributed by atoms with E-state index in [0.29, 0.717) is 5.92 Å². The number of imidazole rings is 1. The van der Waals surface area contributed by atoms with E-state index in [4.69, 9.17) is 0 Å². The molecule has 123 valence electrons. The third-order valence-electron chi connectivity index (χ3n) is 4.93. The molecule has 2 heteroatoms. The van der Waals surface area contributed by atoms with Crippen LogP contribution in [0.3, 0.4) is 0 Å². The maximum Gasteiger partial charge on any atom is 0.0923 e. The van der Waals surface area contributed by atoms with Crippen LogP contribution < -0.4 is 0 Å². The van der Waals surface area contributed by atoms with Gasteiger partial charge in [-0.2, -0.15) is 0 Å². The van der Waals surface area contributed by atoms with Crippen LogP contribution in [-0.4, -0.2) is 9.97 Å². The molecular weight excluding hydrogens is 292 g/mol. The van der Waals surface area contributed by atoms with Crippen LogP contribution in [-0.2, 0) is 12.8 Å². The fraction of sp³-hybridized carbons (Fsp3) is 0.318. The first-order valence-electron chi connectivity index (χ1n) is 8.73. The van der Waals surface area contributed by atoms with Crippen LogP contribution in [0.1, 0.15) is 59.7 Å². The van der Waals surface area contributed by atoms with Crippen molar-refractivity contribution < 1.29 is 0 Å². The molecule has 0 amide bonds. The van der Waals surface area contributed by atoms with Gasteiger partial charge in [-0.05, 0) is 59.6 Å². The SMILES string of the molecule is CCC(C)c1c[c]c(Cc2ccccc2)c(Cc2c[nH]cn2)c1C. The third-order valence-corrected chi connectivity index (χ3v) is 4.93. The maximum absolute atomic E-state index is 4.43. The molecule has 0 aliphatic rings. The Kier molecular flexibility index (Phi) is 5.14. The Labute approximate surface area is 145 Å². The lowest BCUT2D eigenvalue weighted by molar-refractivity contribution is 0.725. The standard InChI is InChI=1S/C22H25N2/c1-4-16(2)21-11-10-19(12-18-8-6-5-7-9-18)22(17(21)3)13-20-14-23-15-24-20/h5-9,11,14-16H,4,12-13H2,1-3H3,(H,23,24). The normalized spacial score (nSPS) is 12.3. The molecule has 2 aromatic carbocycles. The van der Waals surface area contributed by atoms with Crippen LogP contribution in [0, 0.1) is 13.0 Å². The van der Waals surface area contributed by atoms with Gasteiger partial charge in [0, 0.05) is 12.6 Å². The number of rotatable bonds is 6. The van der Waals surface area contributed by atoms with Crippen LogP contribution >= 0.6 is 0 Å². The summed E-state index contributed by atoms with van der Waals surface area (Å²) < 4.78 is 0. The summed E-state index contributed by atoms with van der Waals surface area (Å²) in [5, 5.41) is 0. The van der Waals surface area contributed by atoms with Gasteiger partial charge in [-0.1, -0.05) is 50.2 Å². The molecule has 0 saturated carbocycles. The van der Waals surface area contributed by atoms with E-state index in [1.807, 2.05) is 6.20 Å². The smallest absolute Gasteiger partial charge is 0.0923 e. The molecule has 0 spiro atoms. The highest BCUT2D eigenvalue weighted by molar-refractivity contribution is 5.45. The van der Waals surface area contributed by atoms with Gasteiger partial charge < -0.3 is 4.98 Å². The summed E-state index contributed by atoms with van der Waals surface area (Å²) in [6.07, 6.45) is 6.67. The number of hydrogen-bond donors (Lipinski definition) is 1. The van der Waals surface area contributed by atoms with Crippen molar-refractivity contribution in [1.29, 1.82) is 0 Å². The highest BCUT2D eigenvalue weighted by Crippen LogP contribution is 2.29. The molecule has 1 aromatic heterocycles. The van der Waals surface area contributed by atoms with E-state index < -0.39 is 0 Å². The predicted molar refractivity (Wildman–Crippen MR) is 99.4 cm³/mol. The Morgan fingerprint density at radius 1 is 1.17 bits per heavy atom. The Morgan fingerprint density at radius 2 is 1.96 bits per heavy atom. The molecule has 3 rings (SSSR count). The van der Waals surface area contributed by atoms with E-state index in [2.05, 4.69) is 73.2 Å². The molecular formula is C22H25N2. The van der Waals surface area contributed by atoms with E-state index in [-0.39, 0.29) is 0 Å². The number of nitrogens with zero attached hydrogens (tertiary/aromatic N) is 1.